The zero-order chi connectivity index (χ0) is 75.2. The van der Waals surface area contributed by atoms with Crippen LogP contribution >= 0.6 is 0 Å². The normalized spacial score (nSPS) is 10.1. The van der Waals surface area contributed by atoms with Crippen molar-refractivity contribution in [2.75, 3.05) is 258 Å². The van der Waals surface area contributed by atoms with Crippen LogP contribution in [0, 0.1) is 0 Å². The van der Waals surface area contributed by atoms with Gasteiger partial charge in [-0.05, 0) is 109 Å². The molecule has 0 spiro atoms. The molecular formula is C69H145N7O23. The summed E-state index contributed by atoms with van der Waals surface area (Å²) in [6.45, 7) is 15.4. The molecule has 0 aromatic rings. The number of unbranched alkanes of at least 4 members (excludes halogenated alkanes) is 10. The molecule has 0 atom stereocenters. The van der Waals surface area contributed by atoms with Crippen molar-refractivity contribution < 1.29 is 109 Å². The van der Waals surface area contributed by atoms with Gasteiger partial charge in [-0.1, -0.05) is 19.3 Å². The molecule has 0 bridgehead atoms. The molecule has 0 saturated heterocycles. The second-order valence-corrected chi connectivity index (χ2v) is 21.2. The lowest BCUT2D eigenvalue weighted by Crippen LogP contribution is -2.23. The van der Waals surface area contributed by atoms with Crippen molar-refractivity contribution in [3.63, 3.8) is 0 Å². The minimum absolute atomic E-state index is 0.0318. The fourth-order valence-electron chi connectivity index (χ4n) is 6.83. The molecule has 99 heavy (non-hydrogen) atoms. The van der Waals surface area contributed by atoms with E-state index in [4.69, 9.17) is 75.8 Å². The van der Waals surface area contributed by atoms with E-state index >= 15 is 0 Å². The van der Waals surface area contributed by atoms with Gasteiger partial charge in [0.15, 0.2) is 0 Å². The molecule has 30 heteroatoms. The number of likely N-dealkylation sites (N-methyl/N-ethyl adjacent to an activating group) is 2. The monoisotopic (exact) mass is 1440 g/mol. The second-order valence-electron chi connectivity index (χ2n) is 21.2. The van der Waals surface area contributed by atoms with E-state index in [0.717, 1.165) is 194 Å². The molecule has 30 nitrogen and oxygen atoms in total. The number of hydrogen-bond donors (Lipinski definition) is 7. The Bertz CT molecular complexity index is 1380. The van der Waals surface area contributed by atoms with Gasteiger partial charge in [-0.25, -0.2) is 4.79 Å². The minimum Gasteiger partial charge on any atom is -0.450 e. The largest absolute Gasteiger partial charge is 0.450 e. The molecule has 0 saturated carbocycles. The van der Waals surface area contributed by atoms with Crippen LogP contribution in [0.5, 0.6) is 0 Å². The lowest BCUT2D eigenvalue weighted by atomic mass is 10.2. The Morgan fingerprint density at radius 1 is 0.192 bits per heavy atom. The highest BCUT2D eigenvalue weighted by Gasteiger charge is 2.03. The quantitative estimate of drug-likeness (QED) is 0.0356. The second kappa shape index (κ2) is 104. The fourth-order valence-corrected chi connectivity index (χ4v) is 6.83. The van der Waals surface area contributed by atoms with Gasteiger partial charge in [0.25, 0.3) is 0 Å². The molecule has 0 aromatic carbocycles. The van der Waals surface area contributed by atoms with E-state index in [0.29, 0.717) is 105 Å². The summed E-state index contributed by atoms with van der Waals surface area (Å²) >= 11 is 0. The van der Waals surface area contributed by atoms with Crippen molar-refractivity contribution in [1.29, 1.82) is 0 Å². The maximum atomic E-state index is 10.8. The van der Waals surface area contributed by atoms with Gasteiger partial charge in [-0.3, -0.25) is 28.8 Å². The van der Waals surface area contributed by atoms with Gasteiger partial charge < -0.3 is 113 Å². The van der Waals surface area contributed by atoms with Crippen molar-refractivity contribution in [1.82, 2.24) is 37.2 Å². The van der Waals surface area contributed by atoms with Crippen LogP contribution in [-0.4, -0.2) is 299 Å². The van der Waals surface area contributed by atoms with Crippen molar-refractivity contribution in [2.24, 2.45) is 0 Å². The van der Waals surface area contributed by atoms with Crippen LogP contribution < -0.4 is 37.2 Å². The van der Waals surface area contributed by atoms with Gasteiger partial charge in [0.05, 0.1) is 39.6 Å². The number of alkyl carbamates (subject to hydrolysis) is 1. The molecule has 0 rings (SSSR count). The average Bonchev–Trinajstić information content (AvgIpc) is 3.74. The lowest BCUT2D eigenvalue weighted by Gasteiger charge is -2.04. The molecule has 7 amide bonds. The highest BCUT2D eigenvalue weighted by molar-refractivity contribution is 5.77. The molecule has 0 aliphatic rings. The van der Waals surface area contributed by atoms with Crippen molar-refractivity contribution in [3.8, 4) is 0 Å². The average molecular weight is 1440 g/mol. The Labute approximate surface area is 597 Å². The molecule has 0 unspecified atom stereocenters. The summed E-state index contributed by atoms with van der Waals surface area (Å²) in [5.41, 5.74) is 0. The molecular weight excluding hydrogens is 1290 g/mol. The number of carbonyl (C=O) groups is 7. The first-order valence-electron chi connectivity index (χ1n) is 35.3. The third kappa shape index (κ3) is 121. The summed E-state index contributed by atoms with van der Waals surface area (Å²) in [6, 6.07) is 0. The molecule has 0 aromatic heterocycles. The third-order valence-electron chi connectivity index (χ3n) is 12.7. The summed E-state index contributed by atoms with van der Waals surface area (Å²) in [4.78, 5) is 75.3. The van der Waals surface area contributed by atoms with Gasteiger partial charge in [0.2, 0.25) is 35.4 Å². The van der Waals surface area contributed by atoms with Crippen LogP contribution in [0.1, 0.15) is 154 Å². The smallest absolute Gasteiger partial charge is 0.406 e. The first-order valence-corrected chi connectivity index (χ1v) is 35.3. The van der Waals surface area contributed by atoms with E-state index in [9.17, 15) is 33.6 Å². The number of rotatable bonds is 63. The number of ether oxygens (including phenoxy) is 16. The summed E-state index contributed by atoms with van der Waals surface area (Å²) in [6.07, 6.45) is 21.5. The Hall–Kier alpha value is -4.51. The maximum Gasteiger partial charge on any atom is 0.406 e. The van der Waals surface area contributed by atoms with Crippen LogP contribution in [0.25, 0.3) is 0 Å². The van der Waals surface area contributed by atoms with E-state index in [-0.39, 0.29) is 54.8 Å². The molecule has 0 fully saturated rings. The predicted octanol–water partition coefficient (Wildman–Crippen LogP) is 5.76. The van der Waals surface area contributed by atoms with Crippen molar-refractivity contribution in [2.45, 2.75) is 154 Å². The topological polar surface area (TPSA) is 351 Å². The SMILES string of the molecule is CNC(=O)CCCCCOCCOC.CNC(=O)CCCCOCCCOC.CNC(=O)CCCOCCCCOC.CNC(=O)CCOCCCCCOC.CNC(=O)COCCCCCCOC.CNC(=O)COCCCOCCCOC.CNC(=O)OCCCCOCCOC. The highest BCUT2D eigenvalue weighted by Crippen LogP contribution is 2.02. The first kappa shape index (κ1) is 108. The Balaban J connectivity index is -0.000000200. The number of methoxy groups -OCH3 is 7. The van der Waals surface area contributed by atoms with E-state index in [1.54, 1.807) is 92.1 Å². The maximum absolute atomic E-state index is 10.8. The lowest BCUT2D eigenvalue weighted by molar-refractivity contribution is -0.126. The zero-order valence-electron chi connectivity index (χ0n) is 64.3. The summed E-state index contributed by atoms with van der Waals surface area (Å²) in [5.74, 6) is 0.160. The third-order valence-corrected chi connectivity index (χ3v) is 12.7. The van der Waals surface area contributed by atoms with E-state index in [2.05, 4.69) is 37.2 Å². The van der Waals surface area contributed by atoms with Gasteiger partial charge in [-0.15, -0.1) is 0 Å². The Kier molecular flexibility index (Phi) is 114. The molecule has 0 heterocycles. The van der Waals surface area contributed by atoms with E-state index < -0.39 is 0 Å². The standard InChI is InChI=1S/C10H21NO4.5C10H21NO3.C9H19NO4/c1-11-10(12)9-15-8-4-7-14-6-3-5-13-2;1-11-10(12)6-5-9-14-8-4-3-7-13-2;1-11-10(12)6-3-4-8-14-9-5-7-13-2;1-11-10(12)6-9-14-8-5-3-4-7-13-2;1-11-10(12)6-4-3-5-7-14-9-8-13-2;1-11-10(12)9-14-8-6-4-3-5-7-13-2;1-10-9(11)14-6-4-3-5-13-8-7-12-2/h3-9H2,1-2H3,(H,11,12);5*3-9H2,1-2H3,(H,11,12);3-8H2,1-2H3,(H,10,11). The predicted molar refractivity (Wildman–Crippen MR) is 385 cm³/mol. The van der Waals surface area contributed by atoms with Gasteiger partial charge in [-0.2, -0.15) is 0 Å². The number of carbonyl (C=O) groups excluding carboxylic acids is 7. The van der Waals surface area contributed by atoms with Crippen LogP contribution in [0.4, 0.5) is 4.79 Å². The number of hydrogen-bond acceptors (Lipinski definition) is 23. The Morgan fingerprint density at radius 3 is 0.808 bits per heavy atom. The Morgan fingerprint density at radius 2 is 0.424 bits per heavy atom. The molecule has 594 valence electrons. The summed E-state index contributed by atoms with van der Waals surface area (Å²) in [7, 11) is 23.1. The first-order chi connectivity index (χ1) is 48.2. The molecule has 0 aliphatic carbocycles. The molecule has 7 N–H and O–H groups in total. The highest BCUT2D eigenvalue weighted by atomic mass is 16.6. The van der Waals surface area contributed by atoms with E-state index in [1.165, 1.54) is 7.05 Å². The van der Waals surface area contributed by atoms with Crippen molar-refractivity contribution in [3.05, 3.63) is 0 Å². The van der Waals surface area contributed by atoms with Crippen molar-refractivity contribution >= 4 is 41.5 Å². The van der Waals surface area contributed by atoms with Crippen LogP contribution in [0.2, 0.25) is 0 Å². The molecule has 0 aliphatic heterocycles. The number of nitrogens with one attached hydrogen (secondary N) is 7. The summed E-state index contributed by atoms with van der Waals surface area (Å²) < 4.78 is 81.0. The fraction of sp³-hybridized carbons (Fsp3) is 0.899. The molecule has 0 radical (unpaired) electrons. The van der Waals surface area contributed by atoms with Gasteiger partial charge in [0.1, 0.15) is 13.2 Å². The number of amides is 7. The van der Waals surface area contributed by atoms with Gasteiger partial charge >= 0.3 is 6.09 Å². The summed E-state index contributed by atoms with van der Waals surface area (Å²) in [5, 5.41) is 17.7. The van der Waals surface area contributed by atoms with Crippen LogP contribution in [0.3, 0.4) is 0 Å². The zero-order valence-corrected chi connectivity index (χ0v) is 64.3. The van der Waals surface area contributed by atoms with Gasteiger partial charge in [0, 0.05) is 230 Å². The van der Waals surface area contributed by atoms with Crippen LogP contribution in [0.15, 0.2) is 0 Å². The van der Waals surface area contributed by atoms with E-state index in [1.807, 2.05) is 0 Å². The van der Waals surface area contributed by atoms with Crippen LogP contribution in [-0.2, 0) is 105 Å². The minimum atomic E-state index is -0.384.